The molecule has 5 nitrogen and oxygen atoms in total. The minimum Gasteiger partial charge on any atom is -0.497 e. The van der Waals surface area contributed by atoms with Gasteiger partial charge in [-0.05, 0) is 48.0 Å². The number of carbonyl (C=O) groups excluding carboxylic acids is 1. The summed E-state index contributed by atoms with van der Waals surface area (Å²) in [6.07, 6.45) is 0.265. The molecule has 28 heavy (non-hydrogen) atoms. The number of nitrogens with one attached hydrogen (secondary N) is 1. The van der Waals surface area contributed by atoms with E-state index >= 15 is 0 Å². The number of aromatic nitrogens is 1. The zero-order valence-corrected chi connectivity index (χ0v) is 15.9. The number of rotatable bonds is 5. The highest BCUT2D eigenvalue weighted by Gasteiger charge is 2.11. The number of oxazole rings is 1. The van der Waals surface area contributed by atoms with Crippen LogP contribution in [0.15, 0.2) is 71.1 Å². The lowest BCUT2D eigenvalue weighted by atomic mass is 10.1. The van der Waals surface area contributed by atoms with E-state index < -0.39 is 0 Å². The maximum absolute atomic E-state index is 12.3. The van der Waals surface area contributed by atoms with Crippen molar-refractivity contribution in [2.24, 2.45) is 0 Å². The molecule has 0 radical (unpaired) electrons. The van der Waals surface area contributed by atoms with Gasteiger partial charge in [0.2, 0.25) is 11.8 Å². The smallest absolute Gasteiger partial charge is 0.228 e. The minimum absolute atomic E-state index is 0.116. The van der Waals surface area contributed by atoms with E-state index in [2.05, 4.69) is 10.3 Å². The third-order valence-electron chi connectivity index (χ3n) is 4.27. The lowest BCUT2D eigenvalue weighted by Gasteiger charge is -2.05. The van der Waals surface area contributed by atoms with Crippen LogP contribution in [0.3, 0.4) is 0 Å². The van der Waals surface area contributed by atoms with Gasteiger partial charge in [0.1, 0.15) is 11.3 Å². The second-order valence-corrected chi connectivity index (χ2v) is 6.72. The number of methoxy groups -OCH3 is 1. The molecule has 0 aliphatic heterocycles. The molecule has 4 aromatic rings. The Bertz CT molecular complexity index is 1140. The predicted octanol–water partition coefficient (Wildman–Crippen LogP) is 5.34. The zero-order chi connectivity index (χ0) is 19.5. The standard InChI is InChI=1S/C22H17ClN2O3/c1-27-18-4-2-3-15(12-18)22-25-19-10-9-17(13-20(19)28-22)24-21(26)11-14-5-7-16(23)8-6-14/h2-10,12-13H,11H2,1H3,(H,24,26). The monoisotopic (exact) mass is 392 g/mol. The Kier molecular flexibility index (Phi) is 5.00. The summed E-state index contributed by atoms with van der Waals surface area (Å²) < 4.78 is 11.1. The molecular weight excluding hydrogens is 376 g/mol. The van der Waals surface area contributed by atoms with Gasteiger partial charge in [-0.1, -0.05) is 29.8 Å². The number of carbonyl (C=O) groups is 1. The molecule has 1 aromatic heterocycles. The van der Waals surface area contributed by atoms with Gasteiger partial charge in [-0.3, -0.25) is 4.79 Å². The van der Waals surface area contributed by atoms with Crippen molar-refractivity contribution in [1.29, 1.82) is 0 Å². The van der Waals surface area contributed by atoms with Crippen LogP contribution in [0.25, 0.3) is 22.6 Å². The van der Waals surface area contributed by atoms with Crippen LogP contribution < -0.4 is 10.1 Å². The molecule has 0 saturated carbocycles. The first-order valence-electron chi connectivity index (χ1n) is 8.70. The van der Waals surface area contributed by atoms with Crippen molar-refractivity contribution >= 4 is 34.3 Å². The summed E-state index contributed by atoms with van der Waals surface area (Å²) in [6, 6.07) is 20.1. The Morgan fingerprint density at radius 1 is 1.11 bits per heavy atom. The number of nitrogens with zero attached hydrogens (tertiary/aromatic N) is 1. The molecule has 3 aromatic carbocycles. The van der Waals surface area contributed by atoms with Gasteiger partial charge in [0, 0.05) is 22.3 Å². The maximum atomic E-state index is 12.3. The van der Waals surface area contributed by atoms with Gasteiger partial charge in [-0.25, -0.2) is 4.98 Å². The minimum atomic E-state index is -0.116. The lowest BCUT2D eigenvalue weighted by molar-refractivity contribution is -0.115. The Balaban J connectivity index is 1.52. The Morgan fingerprint density at radius 2 is 1.93 bits per heavy atom. The van der Waals surface area contributed by atoms with E-state index in [1.807, 2.05) is 42.5 Å². The lowest BCUT2D eigenvalue weighted by Crippen LogP contribution is -2.14. The quantitative estimate of drug-likeness (QED) is 0.498. The normalized spacial score (nSPS) is 10.8. The van der Waals surface area contributed by atoms with Crippen LogP contribution in [0.2, 0.25) is 5.02 Å². The second kappa shape index (κ2) is 7.74. The molecule has 0 atom stereocenters. The molecule has 1 amide bonds. The van der Waals surface area contributed by atoms with Gasteiger partial charge in [-0.15, -0.1) is 0 Å². The second-order valence-electron chi connectivity index (χ2n) is 6.28. The SMILES string of the molecule is COc1cccc(-c2nc3ccc(NC(=O)Cc4ccc(Cl)cc4)cc3o2)c1. The molecule has 6 heteroatoms. The highest BCUT2D eigenvalue weighted by molar-refractivity contribution is 6.30. The van der Waals surface area contributed by atoms with Crippen molar-refractivity contribution in [3.8, 4) is 17.2 Å². The number of hydrogen-bond donors (Lipinski definition) is 1. The van der Waals surface area contributed by atoms with Crippen LogP contribution >= 0.6 is 11.6 Å². The molecule has 1 heterocycles. The molecule has 0 aliphatic carbocycles. The zero-order valence-electron chi connectivity index (χ0n) is 15.1. The number of hydrogen-bond acceptors (Lipinski definition) is 4. The van der Waals surface area contributed by atoms with Crippen LogP contribution in [-0.2, 0) is 11.2 Å². The molecule has 0 unspecified atom stereocenters. The molecule has 140 valence electrons. The van der Waals surface area contributed by atoms with Gasteiger partial charge in [0.15, 0.2) is 5.58 Å². The largest absolute Gasteiger partial charge is 0.497 e. The predicted molar refractivity (Wildman–Crippen MR) is 110 cm³/mol. The number of halogens is 1. The summed E-state index contributed by atoms with van der Waals surface area (Å²) in [5.41, 5.74) is 3.68. The average Bonchev–Trinajstić information content (AvgIpc) is 3.13. The molecule has 4 rings (SSSR count). The molecule has 0 bridgehead atoms. The van der Waals surface area contributed by atoms with Gasteiger partial charge >= 0.3 is 0 Å². The highest BCUT2D eigenvalue weighted by atomic mass is 35.5. The fraction of sp³-hybridized carbons (Fsp3) is 0.0909. The van der Waals surface area contributed by atoms with Crippen LogP contribution in [-0.4, -0.2) is 18.0 Å². The van der Waals surface area contributed by atoms with Crippen molar-refractivity contribution in [3.63, 3.8) is 0 Å². The van der Waals surface area contributed by atoms with Crippen molar-refractivity contribution in [3.05, 3.63) is 77.3 Å². The van der Waals surface area contributed by atoms with Gasteiger partial charge in [0.25, 0.3) is 0 Å². The Labute approximate surface area is 166 Å². The first kappa shape index (κ1) is 18.1. The molecular formula is C22H17ClN2O3. The van der Waals surface area contributed by atoms with E-state index in [4.69, 9.17) is 20.8 Å². The summed E-state index contributed by atoms with van der Waals surface area (Å²) >= 11 is 5.87. The highest BCUT2D eigenvalue weighted by Crippen LogP contribution is 2.28. The van der Waals surface area contributed by atoms with E-state index in [9.17, 15) is 4.79 Å². The average molecular weight is 393 g/mol. The van der Waals surface area contributed by atoms with E-state index in [1.54, 1.807) is 31.4 Å². The summed E-state index contributed by atoms with van der Waals surface area (Å²) in [4.78, 5) is 16.8. The third-order valence-corrected chi connectivity index (χ3v) is 4.52. The van der Waals surface area contributed by atoms with E-state index in [-0.39, 0.29) is 12.3 Å². The fourth-order valence-corrected chi connectivity index (χ4v) is 3.00. The van der Waals surface area contributed by atoms with Gasteiger partial charge in [0.05, 0.1) is 13.5 Å². The fourth-order valence-electron chi connectivity index (χ4n) is 2.87. The molecule has 0 fully saturated rings. The topological polar surface area (TPSA) is 64.4 Å². The number of ether oxygens (including phenoxy) is 1. The number of benzene rings is 3. The Morgan fingerprint density at radius 3 is 2.71 bits per heavy atom. The Hall–Kier alpha value is -3.31. The summed E-state index contributed by atoms with van der Waals surface area (Å²) in [5, 5.41) is 3.53. The van der Waals surface area contributed by atoms with Crippen LogP contribution in [0, 0.1) is 0 Å². The van der Waals surface area contributed by atoms with E-state index in [0.717, 1.165) is 16.9 Å². The summed E-state index contributed by atoms with van der Waals surface area (Å²) in [7, 11) is 1.62. The van der Waals surface area contributed by atoms with Crippen LogP contribution in [0.5, 0.6) is 5.75 Å². The van der Waals surface area contributed by atoms with Gasteiger partial charge < -0.3 is 14.5 Å². The molecule has 0 saturated heterocycles. The first-order chi connectivity index (χ1) is 13.6. The van der Waals surface area contributed by atoms with Crippen molar-refractivity contribution in [2.75, 3.05) is 12.4 Å². The van der Waals surface area contributed by atoms with Crippen molar-refractivity contribution in [1.82, 2.24) is 4.98 Å². The third kappa shape index (κ3) is 4.00. The molecule has 1 N–H and O–H groups in total. The van der Waals surface area contributed by atoms with E-state index in [1.165, 1.54) is 0 Å². The van der Waals surface area contributed by atoms with Crippen LogP contribution in [0.1, 0.15) is 5.56 Å². The van der Waals surface area contributed by atoms with Gasteiger partial charge in [-0.2, -0.15) is 0 Å². The number of anilines is 1. The number of fused-ring (bicyclic) bond motifs is 1. The summed E-state index contributed by atoms with van der Waals surface area (Å²) in [6.45, 7) is 0. The summed E-state index contributed by atoms with van der Waals surface area (Å²) in [5.74, 6) is 1.11. The molecule has 0 aliphatic rings. The van der Waals surface area contributed by atoms with Crippen molar-refractivity contribution < 1.29 is 13.9 Å². The maximum Gasteiger partial charge on any atom is 0.228 e. The number of amides is 1. The van der Waals surface area contributed by atoms with E-state index in [0.29, 0.717) is 27.7 Å². The first-order valence-corrected chi connectivity index (χ1v) is 9.08. The van der Waals surface area contributed by atoms with Crippen LogP contribution in [0.4, 0.5) is 5.69 Å². The molecule has 0 spiro atoms. The van der Waals surface area contributed by atoms with Crippen molar-refractivity contribution in [2.45, 2.75) is 6.42 Å².